The Kier molecular flexibility index (Phi) is 15.0. The van der Waals surface area contributed by atoms with Crippen LogP contribution in [0.3, 0.4) is 0 Å². The molecule has 268 valence electrons. The topological polar surface area (TPSA) is 178 Å². The van der Waals surface area contributed by atoms with Gasteiger partial charge < -0.3 is 25.3 Å². The second kappa shape index (κ2) is 18.4. The number of benzene rings is 2. The number of nitrogens with zero attached hydrogens (tertiary/aromatic N) is 3. The molecule has 0 bridgehead atoms. The fraction of sp³-hybridized carbons (Fsp3) is 0.257. The first-order valence-electron chi connectivity index (χ1n) is 15.4. The third-order valence-electron chi connectivity index (χ3n) is 6.76. The van der Waals surface area contributed by atoms with E-state index >= 15 is 0 Å². The first-order valence-corrected chi connectivity index (χ1v) is 17.3. The maximum Gasteiger partial charge on any atom is 0.358 e. The van der Waals surface area contributed by atoms with Crippen molar-refractivity contribution in [1.29, 1.82) is 0 Å². The number of aromatic nitrogens is 2. The Morgan fingerprint density at radius 1 is 1.00 bits per heavy atom. The van der Waals surface area contributed by atoms with E-state index in [-0.39, 0.29) is 51.1 Å². The lowest BCUT2D eigenvalue weighted by molar-refractivity contribution is 0.0686. The average molecular weight is 714 g/mol. The first kappa shape index (κ1) is 40.8. The summed E-state index contributed by atoms with van der Waals surface area (Å²) < 4.78 is 62.7. The number of pyridine rings is 2. The largest absolute Gasteiger partial charge is 0.494 e. The number of halogens is 2. The Morgan fingerprint density at radius 3 is 2.12 bits per heavy atom. The molecular formula is C35H41F2N5O7S. The molecule has 0 aliphatic carbocycles. The lowest BCUT2D eigenvalue weighted by Crippen LogP contribution is -2.25. The van der Waals surface area contributed by atoms with Crippen molar-refractivity contribution in [2.75, 3.05) is 31.8 Å². The van der Waals surface area contributed by atoms with Gasteiger partial charge in [0.05, 0.1) is 42.2 Å². The molecule has 12 nitrogen and oxygen atoms in total. The van der Waals surface area contributed by atoms with Crippen molar-refractivity contribution < 1.29 is 41.0 Å². The van der Waals surface area contributed by atoms with Crippen molar-refractivity contribution in [3.8, 4) is 28.3 Å². The molecule has 3 heterocycles. The third-order valence-corrected chi connectivity index (χ3v) is 7.95. The number of carbonyl (C=O) groups is 2. The van der Waals surface area contributed by atoms with E-state index in [1.807, 2.05) is 27.7 Å². The summed E-state index contributed by atoms with van der Waals surface area (Å²) in [5.41, 5.74) is 6.76. The number of nitrogens with one attached hydrogen (secondary N) is 1. The molecule has 0 saturated heterocycles. The second-order valence-corrected chi connectivity index (χ2v) is 11.7. The number of amides is 1. The number of carbonyl (C=O) groups excluding carboxylic acids is 1. The maximum absolute atomic E-state index is 13.5. The number of hydrogen-bond donors (Lipinski definition) is 3. The molecule has 0 unspecified atom stereocenters. The zero-order valence-corrected chi connectivity index (χ0v) is 29.9. The number of aromatic carboxylic acids is 1. The van der Waals surface area contributed by atoms with E-state index in [1.54, 1.807) is 6.07 Å². The van der Waals surface area contributed by atoms with Gasteiger partial charge in [-0.1, -0.05) is 27.7 Å². The Morgan fingerprint density at radius 2 is 1.62 bits per heavy atom. The van der Waals surface area contributed by atoms with E-state index in [1.165, 1.54) is 75.8 Å². The van der Waals surface area contributed by atoms with Gasteiger partial charge in [0.15, 0.2) is 11.4 Å². The number of carboxylic acid groups (broad SMARTS) is 1. The summed E-state index contributed by atoms with van der Waals surface area (Å²) in [5, 5.41) is 12.5. The highest BCUT2D eigenvalue weighted by molar-refractivity contribution is 7.92. The van der Waals surface area contributed by atoms with E-state index < -0.39 is 27.7 Å². The van der Waals surface area contributed by atoms with Crippen LogP contribution in [0, 0.1) is 11.6 Å². The summed E-state index contributed by atoms with van der Waals surface area (Å²) in [5.74, 6) is -2.47. The Bertz CT molecular complexity index is 2020. The minimum absolute atomic E-state index is 0.0169. The van der Waals surface area contributed by atoms with Crippen LogP contribution in [0.5, 0.6) is 5.75 Å². The summed E-state index contributed by atoms with van der Waals surface area (Å²) in [4.78, 5) is 32.6. The van der Waals surface area contributed by atoms with E-state index in [0.29, 0.717) is 23.2 Å². The molecule has 1 amide bonds. The summed E-state index contributed by atoms with van der Waals surface area (Å²) in [6.45, 7) is 8.36. The minimum Gasteiger partial charge on any atom is -0.494 e. The molecule has 2 aromatic carbocycles. The van der Waals surface area contributed by atoms with Crippen LogP contribution in [0.25, 0.3) is 33.6 Å². The van der Waals surface area contributed by atoms with Gasteiger partial charge in [0.25, 0.3) is 5.91 Å². The average Bonchev–Trinajstić information content (AvgIpc) is 3.50. The predicted molar refractivity (Wildman–Crippen MR) is 190 cm³/mol. The van der Waals surface area contributed by atoms with Gasteiger partial charge in [-0.05, 0) is 54.6 Å². The lowest BCUT2D eigenvalue weighted by Gasteiger charge is -2.20. The summed E-state index contributed by atoms with van der Waals surface area (Å²) in [6, 6.07) is 14.1. The van der Waals surface area contributed by atoms with Crippen LogP contribution in [0.15, 0.2) is 71.3 Å². The van der Waals surface area contributed by atoms with E-state index in [9.17, 15) is 31.9 Å². The van der Waals surface area contributed by atoms with Crippen LogP contribution >= 0.6 is 0 Å². The minimum atomic E-state index is -3.77. The van der Waals surface area contributed by atoms with Gasteiger partial charge >= 0.3 is 5.97 Å². The van der Waals surface area contributed by atoms with Crippen LogP contribution in [-0.4, -0.2) is 62.8 Å². The van der Waals surface area contributed by atoms with Crippen molar-refractivity contribution in [2.45, 2.75) is 34.2 Å². The van der Waals surface area contributed by atoms with Crippen molar-refractivity contribution in [3.63, 3.8) is 0 Å². The van der Waals surface area contributed by atoms with Gasteiger partial charge in [-0.2, -0.15) is 0 Å². The van der Waals surface area contributed by atoms with Gasteiger partial charge in [0, 0.05) is 43.2 Å². The highest BCUT2D eigenvalue weighted by Gasteiger charge is 2.27. The number of furan rings is 1. The molecule has 3 aromatic heterocycles. The van der Waals surface area contributed by atoms with Gasteiger partial charge in [-0.3, -0.25) is 14.1 Å². The fourth-order valence-corrected chi connectivity index (χ4v) is 4.88. The number of ether oxygens (including phenoxy) is 1. The molecule has 0 fully saturated rings. The van der Waals surface area contributed by atoms with Crippen LogP contribution in [0.2, 0.25) is 0 Å². The third kappa shape index (κ3) is 9.60. The Balaban J connectivity index is 0.000000567. The molecule has 5 aromatic rings. The molecule has 0 atom stereocenters. The molecular weight excluding hydrogens is 672 g/mol. The molecule has 50 heavy (non-hydrogen) atoms. The number of carboxylic acids is 1. The number of rotatable bonds is 8. The number of methoxy groups -OCH3 is 1. The molecule has 0 saturated carbocycles. The van der Waals surface area contributed by atoms with Crippen LogP contribution in [0.1, 0.15) is 54.2 Å². The van der Waals surface area contributed by atoms with Gasteiger partial charge in [0.1, 0.15) is 23.0 Å². The van der Waals surface area contributed by atoms with Gasteiger partial charge in [-0.25, -0.2) is 27.0 Å². The van der Waals surface area contributed by atoms with E-state index in [0.717, 1.165) is 16.8 Å². The van der Waals surface area contributed by atoms with Crippen LogP contribution in [0.4, 0.5) is 14.5 Å². The van der Waals surface area contributed by atoms with Gasteiger partial charge in [0.2, 0.25) is 10.0 Å². The summed E-state index contributed by atoms with van der Waals surface area (Å²) in [6.07, 6.45) is 2.16. The fourth-order valence-electron chi connectivity index (χ4n) is 4.37. The highest BCUT2D eigenvalue weighted by Crippen LogP contribution is 2.41. The SMILES string of the molecule is CC.CC.CNC(=O)c1c(-c2ccc(F)cc2)oc2cc(N(C)S(C)(=O)=O)c(-c3ccc(OC)c(C(=O)O)n3)cc12.NCc1ccc(F)cn1. The number of nitrogens with two attached hydrogens (primary N) is 1. The summed E-state index contributed by atoms with van der Waals surface area (Å²) in [7, 11) is 0.290. The molecule has 4 N–H and O–H groups in total. The van der Waals surface area contributed by atoms with E-state index in [2.05, 4.69) is 15.3 Å². The second-order valence-electron chi connectivity index (χ2n) is 9.71. The maximum atomic E-state index is 13.5. The quantitative estimate of drug-likeness (QED) is 0.161. The van der Waals surface area contributed by atoms with Crippen LogP contribution < -0.4 is 20.1 Å². The van der Waals surface area contributed by atoms with Crippen LogP contribution in [-0.2, 0) is 16.6 Å². The monoisotopic (exact) mass is 713 g/mol. The zero-order valence-electron chi connectivity index (χ0n) is 29.0. The number of hydrogen-bond acceptors (Lipinski definition) is 9. The van der Waals surface area contributed by atoms with Crippen molar-refractivity contribution >= 4 is 38.6 Å². The van der Waals surface area contributed by atoms with Gasteiger partial charge in [-0.15, -0.1) is 0 Å². The molecule has 0 aliphatic rings. The molecule has 0 aliphatic heterocycles. The molecule has 0 radical (unpaired) electrons. The number of sulfonamides is 1. The lowest BCUT2D eigenvalue weighted by atomic mass is 10.0. The van der Waals surface area contributed by atoms with Crippen molar-refractivity contribution in [2.24, 2.45) is 5.73 Å². The normalized spacial score (nSPS) is 10.4. The smallest absolute Gasteiger partial charge is 0.358 e. The van der Waals surface area contributed by atoms with Crippen molar-refractivity contribution in [1.82, 2.24) is 15.3 Å². The zero-order chi connectivity index (χ0) is 37.8. The highest BCUT2D eigenvalue weighted by atomic mass is 32.2. The molecule has 5 rings (SSSR count). The Hall–Kier alpha value is -5.41. The first-order chi connectivity index (χ1) is 23.8. The van der Waals surface area contributed by atoms with Crippen molar-refractivity contribution in [3.05, 3.63) is 95.4 Å². The standard InChI is InChI=1S/C25H22FN3O7S.C6H7FN2.2C2H6/c1-27-24(30)21-16-11-15(17-9-10-19(35-3)22(28-17)25(31)32)18(29(2)37(4,33)34)12-20(16)36-23(21)13-5-7-14(26)8-6-13;7-5-1-2-6(3-8)9-4-5;2*1-2/h5-12H,1-4H3,(H,27,30)(H,31,32);1-2,4H,3,8H2;2*1-2H3. The van der Waals surface area contributed by atoms with E-state index in [4.69, 9.17) is 14.9 Å². The number of anilines is 1. The molecule has 15 heteroatoms. The predicted octanol–water partition coefficient (Wildman–Crippen LogP) is 6.49. The Labute approximate surface area is 290 Å². The summed E-state index contributed by atoms with van der Waals surface area (Å²) >= 11 is 0. The number of fused-ring (bicyclic) bond motifs is 1. The molecule has 0 spiro atoms.